The van der Waals surface area contributed by atoms with E-state index < -0.39 is 11.7 Å². The fraction of sp³-hybridized carbons (Fsp3) is 0.0870. The predicted octanol–water partition coefficient (Wildman–Crippen LogP) is 5.98. The maximum Gasteiger partial charge on any atom is 0.416 e. The SMILES string of the molecule is Cc1cc(Oc2ccc(Nc3cc(-c4cccc(C(F)(F)F)c4)nc(N)n3)cc2)ccn1. The van der Waals surface area contributed by atoms with E-state index in [-0.39, 0.29) is 17.2 Å². The molecule has 2 aromatic heterocycles. The summed E-state index contributed by atoms with van der Waals surface area (Å²) in [5, 5.41) is 3.08. The van der Waals surface area contributed by atoms with Gasteiger partial charge in [-0.15, -0.1) is 0 Å². The van der Waals surface area contributed by atoms with Gasteiger partial charge in [-0.3, -0.25) is 4.98 Å². The highest BCUT2D eigenvalue weighted by atomic mass is 19.4. The molecule has 2 heterocycles. The zero-order valence-electron chi connectivity index (χ0n) is 16.9. The van der Waals surface area contributed by atoms with Crippen LogP contribution in [0.5, 0.6) is 11.5 Å². The Bertz CT molecular complexity index is 1240. The van der Waals surface area contributed by atoms with E-state index in [0.29, 0.717) is 23.0 Å². The largest absolute Gasteiger partial charge is 0.457 e. The lowest BCUT2D eigenvalue weighted by atomic mass is 10.1. The van der Waals surface area contributed by atoms with Crippen molar-refractivity contribution in [2.75, 3.05) is 11.1 Å². The van der Waals surface area contributed by atoms with Crippen molar-refractivity contribution in [1.29, 1.82) is 0 Å². The highest BCUT2D eigenvalue weighted by Crippen LogP contribution is 2.32. The number of benzene rings is 2. The molecule has 0 aliphatic carbocycles. The molecule has 0 saturated heterocycles. The summed E-state index contributed by atoms with van der Waals surface area (Å²) in [6.45, 7) is 1.88. The Morgan fingerprint density at radius 1 is 0.906 bits per heavy atom. The second kappa shape index (κ2) is 8.54. The lowest BCUT2D eigenvalue weighted by molar-refractivity contribution is -0.137. The molecule has 2 aromatic carbocycles. The van der Waals surface area contributed by atoms with Crippen molar-refractivity contribution in [3.8, 4) is 22.8 Å². The number of hydrogen-bond donors (Lipinski definition) is 2. The summed E-state index contributed by atoms with van der Waals surface area (Å²) >= 11 is 0. The Labute approximate surface area is 181 Å². The van der Waals surface area contributed by atoms with Crippen molar-refractivity contribution in [2.45, 2.75) is 13.1 Å². The summed E-state index contributed by atoms with van der Waals surface area (Å²) in [6, 6.07) is 17.1. The topological polar surface area (TPSA) is 86.0 Å². The molecule has 6 nitrogen and oxygen atoms in total. The van der Waals surface area contributed by atoms with Crippen LogP contribution in [0.3, 0.4) is 0 Å². The number of nitrogen functional groups attached to an aromatic ring is 1. The Morgan fingerprint density at radius 2 is 1.69 bits per heavy atom. The molecule has 0 bridgehead atoms. The van der Waals surface area contributed by atoms with Gasteiger partial charge in [-0.1, -0.05) is 12.1 Å². The van der Waals surface area contributed by atoms with Crippen LogP contribution in [0.1, 0.15) is 11.3 Å². The highest BCUT2D eigenvalue weighted by Gasteiger charge is 2.30. The van der Waals surface area contributed by atoms with E-state index >= 15 is 0 Å². The standard InChI is InChI=1S/C23H18F3N5O/c1-14-11-19(9-10-28-14)32-18-7-5-17(6-8-18)29-21-13-20(30-22(27)31-21)15-3-2-4-16(12-15)23(24,25)26/h2-13H,1H3,(H3,27,29,30,31). The minimum Gasteiger partial charge on any atom is -0.457 e. The first-order valence-corrected chi connectivity index (χ1v) is 9.56. The normalized spacial score (nSPS) is 11.2. The van der Waals surface area contributed by atoms with E-state index in [0.717, 1.165) is 17.8 Å². The lowest BCUT2D eigenvalue weighted by Crippen LogP contribution is -2.05. The van der Waals surface area contributed by atoms with E-state index in [2.05, 4.69) is 20.3 Å². The summed E-state index contributed by atoms with van der Waals surface area (Å²) in [5.41, 5.74) is 7.12. The minimum absolute atomic E-state index is 0.0598. The molecule has 3 N–H and O–H groups in total. The van der Waals surface area contributed by atoms with Gasteiger partial charge in [0.05, 0.1) is 11.3 Å². The van der Waals surface area contributed by atoms with Crippen LogP contribution in [0, 0.1) is 6.92 Å². The maximum atomic E-state index is 13.0. The summed E-state index contributed by atoms with van der Waals surface area (Å²) in [5.74, 6) is 1.60. The second-order valence-electron chi connectivity index (χ2n) is 6.96. The Morgan fingerprint density at radius 3 is 2.41 bits per heavy atom. The molecule has 0 amide bonds. The summed E-state index contributed by atoms with van der Waals surface area (Å²) < 4.78 is 44.9. The van der Waals surface area contributed by atoms with Crippen LogP contribution in [-0.4, -0.2) is 15.0 Å². The maximum absolute atomic E-state index is 13.0. The van der Waals surface area contributed by atoms with Crippen molar-refractivity contribution in [2.24, 2.45) is 0 Å². The van der Waals surface area contributed by atoms with E-state index in [1.807, 2.05) is 13.0 Å². The molecule has 0 saturated carbocycles. The number of nitrogens with one attached hydrogen (secondary N) is 1. The first-order valence-electron chi connectivity index (χ1n) is 9.56. The van der Waals surface area contributed by atoms with Crippen LogP contribution in [0.25, 0.3) is 11.3 Å². The molecular formula is C23H18F3N5O. The molecule has 9 heteroatoms. The fourth-order valence-corrected chi connectivity index (χ4v) is 3.01. The smallest absolute Gasteiger partial charge is 0.416 e. The fourth-order valence-electron chi connectivity index (χ4n) is 3.01. The number of rotatable bonds is 5. The van der Waals surface area contributed by atoms with Gasteiger partial charge >= 0.3 is 6.18 Å². The molecule has 0 aliphatic rings. The van der Waals surface area contributed by atoms with Crippen LogP contribution in [0.4, 0.5) is 30.6 Å². The zero-order chi connectivity index (χ0) is 22.7. The minimum atomic E-state index is -4.45. The number of aromatic nitrogens is 3. The van der Waals surface area contributed by atoms with Crippen LogP contribution >= 0.6 is 0 Å². The van der Waals surface area contributed by atoms with Crippen LogP contribution in [-0.2, 0) is 6.18 Å². The van der Waals surface area contributed by atoms with E-state index in [1.54, 1.807) is 36.5 Å². The van der Waals surface area contributed by atoms with Crippen molar-refractivity contribution in [3.63, 3.8) is 0 Å². The van der Waals surface area contributed by atoms with Gasteiger partial charge in [0.15, 0.2) is 0 Å². The van der Waals surface area contributed by atoms with E-state index in [1.165, 1.54) is 18.2 Å². The van der Waals surface area contributed by atoms with E-state index in [9.17, 15) is 13.2 Å². The number of hydrogen-bond acceptors (Lipinski definition) is 6. The van der Waals surface area contributed by atoms with Gasteiger partial charge in [0.2, 0.25) is 5.95 Å². The molecule has 4 rings (SSSR count). The van der Waals surface area contributed by atoms with E-state index in [4.69, 9.17) is 10.5 Å². The third-order valence-electron chi connectivity index (χ3n) is 4.46. The quantitative estimate of drug-likeness (QED) is 0.399. The Hall–Kier alpha value is -4.14. The van der Waals surface area contributed by atoms with Gasteiger partial charge in [-0.2, -0.15) is 18.2 Å². The van der Waals surface area contributed by atoms with Crippen LogP contribution in [0.15, 0.2) is 72.9 Å². The first kappa shape index (κ1) is 21.1. The second-order valence-corrected chi connectivity index (χ2v) is 6.96. The molecule has 32 heavy (non-hydrogen) atoms. The monoisotopic (exact) mass is 437 g/mol. The van der Waals surface area contributed by atoms with Crippen molar-refractivity contribution in [3.05, 3.63) is 84.2 Å². The molecule has 0 atom stereocenters. The molecule has 0 radical (unpaired) electrons. The Balaban J connectivity index is 1.53. The van der Waals surface area contributed by atoms with Crippen molar-refractivity contribution < 1.29 is 17.9 Å². The number of alkyl halides is 3. The van der Waals surface area contributed by atoms with Crippen LogP contribution in [0.2, 0.25) is 0 Å². The highest BCUT2D eigenvalue weighted by molar-refractivity contribution is 5.68. The summed E-state index contributed by atoms with van der Waals surface area (Å²) in [7, 11) is 0. The molecule has 0 aliphatic heterocycles. The van der Waals surface area contributed by atoms with Gasteiger partial charge in [0.1, 0.15) is 17.3 Å². The Kier molecular flexibility index (Phi) is 5.63. The number of pyridine rings is 1. The summed E-state index contributed by atoms with van der Waals surface area (Å²) in [6.07, 6.45) is -2.78. The number of anilines is 3. The van der Waals surface area contributed by atoms with Crippen molar-refractivity contribution in [1.82, 2.24) is 15.0 Å². The third-order valence-corrected chi connectivity index (χ3v) is 4.46. The number of nitrogens with zero attached hydrogens (tertiary/aromatic N) is 3. The molecule has 162 valence electrons. The molecule has 0 spiro atoms. The average molecular weight is 437 g/mol. The van der Waals surface area contributed by atoms with Gasteiger partial charge in [-0.05, 0) is 49.4 Å². The number of ether oxygens (including phenoxy) is 1. The molecule has 4 aromatic rings. The predicted molar refractivity (Wildman–Crippen MR) is 116 cm³/mol. The molecule has 0 fully saturated rings. The lowest BCUT2D eigenvalue weighted by Gasteiger charge is -2.11. The number of halogens is 3. The molecular weight excluding hydrogens is 419 g/mol. The number of nitrogens with two attached hydrogens (primary N) is 1. The van der Waals surface area contributed by atoms with Gasteiger partial charge in [0, 0.05) is 35.3 Å². The summed E-state index contributed by atoms with van der Waals surface area (Å²) in [4.78, 5) is 12.3. The number of aryl methyl sites for hydroxylation is 1. The van der Waals surface area contributed by atoms with Crippen LogP contribution < -0.4 is 15.8 Å². The zero-order valence-corrected chi connectivity index (χ0v) is 16.9. The molecule has 0 unspecified atom stereocenters. The van der Waals surface area contributed by atoms with Gasteiger partial charge in [0.25, 0.3) is 0 Å². The first-order chi connectivity index (χ1) is 15.3. The van der Waals surface area contributed by atoms with Crippen molar-refractivity contribution >= 4 is 17.5 Å². The average Bonchev–Trinajstić information content (AvgIpc) is 2.74. The van der Waals surface area contributed by atoms with Gasteiger partial charge < -0.3 is 15.8 Å². The van der Waals surface area contributed by atoms with Gasteiger partial charge in [-0.25, -0.2) is 4.98 Å². The third kappa shape index (κ3) is 5.12.